The standard InChI is InChI=1S/C11H18N4O2S/c1-3-12-11-14-13-9(18-11)7-15-6-4-5-8(15)10(16)17-2/h8H,3-7H2,1-2H3,(H,12,14). The van der Waals surface area contributed by atoms with Crippen molar-refractivity contribution in [2.24, 2.45) is 0 Å². The van der Waals surface area contributed by atoms with Gasteiger partial charge in [0, 0.05) is 6.54 Å². The van der Waals surface area contributed by atoms with Crippen LogP contribution in [0.2, 0.25) is 0 Å². The van der Waals surface area contributed by atoms with Gasteiger partial charge in [0.1, 0.15) is 11.0 Å². The van der Waals surface area contributed by atoms with Crippen LogP contribution >= 0.6 is 11.3 Å². The number of ether oxygens (including phenoxy) is 1. The number of rotatable bonds is 5. The SMILES string of the molecule is CCNc1nnc(CN2CCCC2C(=O)OC)s1. The minimum Gasteiger partial charge on any atom is -0.468 e. The Morgan fingerprint density at radius 3 is 3.17 bits per heavy atom. The highest BCUT2D eigenvalue weighted by Crippen LogP contribution is 2.23. The van der Waals surface area contributed by atoms with E-state index in [4.69, 9.17) is 4.74 Å². The molecule has 18 heavy (non-hydrogen) atoms. The fourth-order valence-corrected chi connectivity index (χ4v) is 2.97. The Balaban J connectivity index is 1.96. The predicted octanol–water partition coefficient (Wildman–Crippen LogP) is 1.11. The van der Waals surface area contributed by atoms with Crippen molar-refractivity contribution >= 4 is 22.4 Å². The van der Waals surface area contributed by atoms with Gasteiger partial charge in [-0.2, -0.15) is 0 Å². The van der Waals surface area contributed by atoms with E-state index < -0.39 is 0 Å². The molecule has 6 nitrogen and oxygen atoms in total. The Hall–Kier alpha value is -1.21. The van der Waals surface area contributed by atoms with E-state index in [1.54, 1.807) is 0 Å². The molecule has 0 aliphatic carbocycles. The number of carbonyl (C=O) groups is 1. The Labute approximate surface area is 110 Å². The smallest absolute Gasteiger partial charge is 0.323 e. The zero-order chi connectivity index (χ0) is 13.0. The fourth-order valence-electron chi connectivity index (χ4n) is 2.13. The van der Waals surface area contributed by atoms with Crippen molar-refractivity contribution in [3.05, 3.63) is 5.01 Å². The minimum atomic E-state index is -0.149. The summed E-state index contributed by atoms with van der Waals surface area (Å²) in [6, 6.07) is -0.124. The van der Waals surface area contributed by atoms with Crippen LogP contribution in [0.3, 0.4) is 0 Å². The molecule has 0 saturated carbocycles. The molecular formula is C11H18N4O2S. The number of hydrogen-bond acceptors (Lipinski definition) is 7. The molecule has 1 aliphatic rings. The molecule has 1 unspecified atom stereocenters. The Morgan fingerprint density at radius 1 is 1.61 bits per heavy atom. The van der Waals surface area contributed by atoms with Gasteiger partial charge in [0.05, 0.1) is 13.7 Å². The number of esters is 1. The van der Waals surface area contributed by atoms with Crippen LogP contribution in [0.4, 0.5) is 5.13 Å². The topological polar surface area (TPSA) is 67.4 Å². The Bertz CT molecular complexity index is 410. The number of carbonyl (C=O) groups excluding carboxylic acids is 1. The molecule has 0 spiro atoms. The first-order chi connectivity index (χ1) is 8.74. The molecule has 0 bridgehead atoms. The van der Waals surface area contributed by atoms with E-state index in [0.29, 0.717) is 6.54 Å². The van der Waals surface area contributed by atoms with Crippen LogP contribution in [0.25, 0.3) is 0 Å². The van der Waals surface area contributed by atoms with E-state index in [-0.39, 0.29) is 12.0 Å². The zero-order valence-electron chi connectivity index (χ0n) is 10.7. The van der Waals surface area contributed by atoms with Crippen LogP contribution in [-0.4, -0.2) is 47.3 Å². The largest absolute Gasteiger partial charge is 0.468 e. The molecule has 0 radical (unpaired) electrons. The van der Waals surface area contributed by atoms with E-state index in [2.05, 4.69) is 20.4 Å². The van der Waals surface area contributed by atoms with Gasteiger partial charge >= 0.3 is 5.97 Å². The third kappa shape index (κ3) is 2.97. The van der Waals surface area contributed by atoms with Crippen LogP contribution in [0.1, 0.15) is 24.8 Å². The highest BCUT2D eigenvalue weighted by atomic mass is 32.1. The minimum absolute atomic E-state index is 0.124. The van der Waals surface area contributed by atoms with Gasteiger partial charge < -0.3 is 10.1 Å². The molecule has 1 fully saturated rings. The van der Waals surface area contributed by atoms with Gasteiger partial charge in [-0.3, -0.25) is 9.69 Å². The molecule has 1 atom stereocenters. The molecule has 1 aromatic rings. The molecule has 1 aromatic heterocycles. The first-order valence-electron chi connectivity index (χ1n) is 6.12. The molecule has 100 valence electrons. The molecule has 0 aromatic carbocycles. The first-order valence-corrected chi connectivity index (χ1v) is 6.94. The van der Waals surface area contributed by atoms with Gasteiger partial charge in [0.15, 0.2) is 0 Å². The van der Waals surface area contributed by atoms with Crippen LogP contribution in [0, 0.1) is 0 Å². The summed E-state index contributed by atoms with van der Waals surface area (Å²) in [4.78, 5) is 13.7. The van der Waals surface area contributed by atoms with Gasteiger partial charge in [0.25, 0.3) is 0 Å². The van der Waals surface area contributed by atoms with E-state index in [1.807, 2.05) is 6.92 Å². The third-order valence-corrected chi connectivity index (χ3v) is 3.84. The second-order valence-electron chi connectivity index (χ2n) is 4.18. The van der Waals surface area contributed by atoms with Crippen molar-refractivity contribution in [1.82, 2.24) is 15.1 Å². The molecule has 2 rings (SSSR count). The molecule has 1 saturated heterocycles. The van der Waals surface area contributed by atoms with Gasteiger partial charge in [-0.05, 0) is 26.3 Å². The normalized spacial score (nSPS) is 20.0. The van der Waals surface area contributed by atoms with E-state index in [0.717, 1.165) is 36.1 Å². The summed E-state index contributed by atoms with van der Waals surface area (Å²) in [7, 11) is 1.44. The van der Waals surface area contributed by atoms with Gasteiger partial charge in [-0.25, -0.2) is 0 Å². The summed E-state index contributed by atoms with van der Waals surface area (Å²) in [6.07, 6.45) is 1.89. The van der Waals surface area contributed by atoms with Gasteiger partial charge in [0.2, 0.25) is 5.13 Å². The number of likely N-dealkylation sites (tertiary alicyclic amines) is 1. The van der Waals surface area contributed by atoms with E-state index >= 15 is 0 Å². The monoisotopic (exact) mass is 270 g/mol. The van der Waals surface area contributed by atoms with Gasteiger partial charge in [-0.15, -0.1) is 10.2 Å². The van der Waals surface area contributed by atoms with Crippen molar-refractivity contribution in [3.8, 4) is 0 Å². The quantitative estimate of drug-likeness (QED) is 0.808. The number of hydrogen-bond donors (Lipinski definition) is 1. The van der Waals surface area contributed by atoms with Crippen molar-refractivity contribution < 1.29 is 9.53 Å². The fraction of sp³-hybridized carbons (Fsp3) is 0.727. The van der Waals surface area contributed by atoms with Crippen molar-refractivity contribution in [2.45, 2.75) is 32.4 Å². The van der Waals surface area contributed by atoms with Crippen LogP contribution in [0.15, 0.2) is 0 Å². The maximum absolute atomic E-state index is 11.6. The molecule has 1 N–H and O–H groups in total. The average Bonchev–Trinajstić information content (AvgIpc) is 2.99. The number of nitrogens with one attached hydrogen (secondary N) is 1. The second-order valence-corrected chi connectivity index (χ2v) is 5.25. The maximum Gasteiger partial charge on any atom is 0.323 e. The van der Waals surface area contributed by atoms with Crippen LogP contribution in [-0.2, 0) is 16.1 Å². The Morgan fingerprint density at radius 2 is 2.44 bits per heavy atom. The van der Waals surface area contributed by atoms with Crippen molar-refractivity contribution in [2.75, 3.05) is 25.5 Å². The summed E-state index contributed by atoms with van der Waals surface area (Å²) < 4.78 is 4.82. The van der Waals surface area contributed by atoms with Crippen molar-refractivity contribution in [3.63, 3.8) is 0 Å². The third-order valence-electron chi connectivity index (χ3n) is 2.97. The van der Waals surface area contributed by atoms with Crippen LogP contribution < -0.4 is 5.32 Å². The summed E-state index contributed by atoms with van der Waals surface area (Å²) in [5, 5.41) is 13.1. The first kappa shape index (κ1) is 13.2. The molecule has 0 amide bonds. The van der Waals surface area contributed by atoms with Crippen molar-refractivity contribution in [1.29, 1.82) is 0 Å². The lowest BCUT2D eigenvalue weighted by Gasteiger charge is -2.20. The second kappa shape index (κ2) is 6.10. The summed E-state index contributed by atoms with van der Waals surface area (Å²) in [6.45, 7) is 4.44. The maximum atomic E-state index is 11.6. The molecular weight excluding hydrogens is 252 g/mol. The zero-order valence-corrected chi connectivity index (χ0v) is 11.5. The summed E-state index contributed by atoms with van der Waals surface area (Å²) in [5.74, 6) is -0.149. The molecule has 7 heteroatoms. The highest BCUT2D eigenvalue weighted by Gasteiger charge is 2.31. The lowest BCUT2D eigenvalue weighted by Crippen LogP contribution is -2.36. The average molecular weight is 270 g/mol. The van der Waals surface area contributed by atoms with Gasteiger partial charge in [-0.1, -0.05) is 11.3 Å². The predicted molar refractivity (Wildman–Crippen MR) is 69.5 cm³/mol. The lowest BCUT2D eigenvalue weighted by molar-refractivity contribution is -0.146. The van der Waals surface area contributed by atoms with E-state index in [1.165, 1.54) is 18.4 Å². The number of aromatic nitrogens is 2. The summed E-state index contributed by atoms with van der Waals surface area (Å²) in [5.41, 5.74) is 0. The lowest BCUT2D eigenvalue weighted by atomic mass is 10.2. The number of methoxy groups -OCH3 is 1. The number of anilines is 1. The summed E-state index contributed by atoms with van der Waals surface area (Å²) >= 11 is 1.54. The number of nitrogens with zero attached hydrogens (tertiary/aromatic N) is 3. The van der Waals surface area contributed by atoms with E-state index in [9.17, 15) is 4.79 Å². The molecule has 1 aliphatic heterocycles. The highest BCUT2D eigenvalue weighted by molar-refractivity contribution is 7.15. The van der Waals surface area contributed by atoms with Crippen LogP contribution in [0.5, 0.6) is 0 Å². The Kier molecular flexibility index (Phi) is 4.48. The molecule has 2 heterocycles.